The van der Waals surface area contributed by atoms with Crippen LogP contribution in [0.2, 0.25) is 0 Å². The quantitative estimate of drug-likeness (QED) is 0.460. The maximum Gasteiger partial charge on any atom is 0.258 e. The molecular formula is C29H32FN3O2S. The Morgan fingerprint density at radius 2 is 1.86 bits per heavy atom. The number of nitrogens with zero attached hydrogens (tertiary/aromatic N) is 1. The fourth-order valence-electron chi connectivity index (χ4n) is 5.03. The van der Waals surface area contributed by atoms with Crippen molar-refractivity contribution in [2.24, 2.45) is 5.92 Å². The molecule has 1 aromatic heterocycles. The van der Waals surface area contributed by atoms with Crippen LogP contribution in [-0.4, -0.2) is 34.9 Å². The number of benzene rings is 2. The zero-order valence-corrected chi connectivity index (χ0v) is 21.4. The van der Waals surface area contributed by atoms with Crippen molar-refractivity contribution in [1.29, 1.82) is 0 Å². The van der Waals surface area contributed by atoms with E-state index in [0.29, 0.717) is 33.2 Å². The Bertz CT molecular complexity index is 1390. The number of piperidine rings is 1. The number of aromatic nitrogens is 1. The summed E-state index contributed by atoms with van der Waals surface area (Å²) in [6.45, 7) is 4.54. The highest BCUT2D eigenvalue weighted by molar-refractivity contribution is 8.00. The molecule has 0 radical (unpaired) electrons. The van der Waals surface area contributed by atoms with Gasteiger partial charge in [0.15, 0.2) is 0 Å². The molecule has 1 aliphatic heterocycles. The van der Waals surface area contributed by atoms with Gasteiger partial charge in [-0.15, -0.1) is 11.8 Å². The lowest BCUT2D eigenvalue weighted by Gasteiger charge is -2.23. The number of amides is 1. The van der Waals surface area contributed by atoms with Crippen molar-refractivity contribution in [2.45, 2.75) is 68.2 Å². The molecule has 0 bridgehead atoms. The number of carbonyl (C=O) groups excluding carboxylic acids is 1. The SMILES string of the molecule is Cc1c(F)cc(C(=O)NC2CC2)cc1-c1ccc2c(=O)n(CC3CC3)cc(SC3CCNCC3)c2c1. The average Bonchev–Trinajstić information content (AvgIpc) is 3.81. The minimum absolute atomic E-state index is 0.0403. The summed E-state index contributed by atoms with van der Waals surface area (Å²) >= 11 is 1.86. The van der Waals surface area contributed by atoms with Crippen LogP contribution < -0.4 is 16.2 Å². The number of thioether (sulfide) groups is 1. The van der Waals surface area contributed by atoms with E-state index < -0.39 is 5.82 Å². The summed E-state index contributed by atoms with van der Waals surface area (Å²) in [6.07, 6.45) is 8.57. The zero-order chi connectivity index (χ0) is 24.8. The largest absolute Gasteiger partial charge is 0.349 e. The molecule has 188 valence electrons. The summed E-state index contributed by atoms with van der Waals surface area (Å²) in [5, 5.41) is 8.51. The molecule has 2 N–H and O–H groups in total. The highest BCUT2D eigenvalue weighted by atomic mass is 32.2. The van der Waals surface area contributed by atoms with E-state index in [1.807, 2.05) is 40.7 Å². The van der Waals surface area contributed by atoms with Gasteiger partial charge >= 0.3 is 0 Å². The van der Waals surface area contributed by atoms with Gasteiger partial charge in [-0.1, -0.05) is 6.07 Å². The van der Waals surface area contributed by atoms with Gasteiger partial charge in [0, 0.05) is 45.3 Å². The molecular weight excluding hydrogens is 473 g/mol. The summed E-state index contributed by atoms with van der Waals surface area (Å²) in [5.41, 5.74) is 2.40. The molecule has 0 spiro atoms. The van der Waals surface area contributed by atoms with E-state index in [0.717, 1.165) is 61.2 Å². The van der Waals surface area contributed by atoms with E-state index in [4.69, 9.17) is 0 Å². The molecule has 1 saturated heterocycles. The predicted octanol–water partition coefficient (Wildman–Crippen LogP) is 5.26. The van der Waals surface area contributed by atoms with Gasteiger partial charge in [-0.3, -0.25) is 9.59 Å². The predicted molar refractivity (Wildman–Crippen MR) is 143 cm³/mol. The summed E-state index contributed by atoms with van der Waals surface area (Å²) in [5.74, 6) is -0.0208. The number of rotatable bonds is 7. The van der Waals surface area contributed by atoms with Crippen molar-refractivity contribution < 1.29 is 9.18 Å². The molecule has 0 atom stereocenters. The maximum absolute atomic E-state index is 14.9. The number of pyridine rings is 1. The van der Waals surface area contributed by atoms with E-state index in [-0.39, 0.29) is 17.5 Å². The molecule has 2 saturated carbocycles. The summed E-state index contributed by atoms with van der Waals surface area (Å²) in [6, 6.07) is 9.12. The Labute approximate surface area is 214 Å². The van der Waals surface area contributed by atoms with E-state index in [2.05, 4.69) is 10.6 Å². The van der Waals surface area contributed by atoms with Crippen molar-refractivity contribution in [3.05, 3.63) is 63.8 Å². The first kappa shape index (κ1) is 23.7. The normalized spacial score (nSPS) is 18.5. The van der Waals surface area contributed by atoms with Crippen LogP contribution in [0.15, 0.2) is 46.2 Å². The molecule has 36 heavy (non-hydrogen) atoms. The molecule has 5 nitrogen and oxygen atoms in total. The van der Waals surface area contributed by atoms with Gasteiger partial charge in [0.25, 0.3) is 11.5 Å². The first-order valence-electron chi connectivity index (χ1n) is 13.1. The van der Waals surface area contributed by atoms with Crippen LogP contribution in [-0.2, 0) is 6.54 Å². The number of nitrogens with one attached hydrogen (secondary N) is 2. The third-order valence-corrected chi connectivity index (χ3v) is 9.00. The first-order chi connectivity index (χ1) is 17.5. The van der Waals surface area contributed by atoms with Crippen LogP contribution in [0.4, 0.5) is 4.39 Å². The number of hydrogen-bond donors (Lipinski definition) is 2. The van der Waals surface area contributed by atoms with Crippen molar-refractivity contribution in [1.82, 2.24) is 15.2 Å². The van der Waals surface area contributed by atoms with Crippen LogP contribution in [0, 0.1) is 18.7 Å². The van der Waals surface area contributed by atoms with Crippen LogP contribution >= 0.6 is 11.8 Å². The number of hydrogen-bond acceptors (Lipinski definition) is 4. The highest BCUT2D eigenvalue weighted by Gasteiger charge is 2.26. The summed E-state index contributed by atoms with van der Waals surface area (Å²) < 4.78 is 16.8. The van der Waals surface area contributed by atoms with Gasteiger partial charge in [-0.05, 0) is 105 Å². The van der Waals surface area contributed by atoms with Crippen LogP contribution in [0.5, 0.6) is 0 Å². The Kier molecular flexibility index (Phi) is 6.38. The topological polar surface area (TPSA) is 63.1 Å². The second kappa shape index (κ2) is 9.67. The number of carbonyl (C=O) groups is 1. The Hall–Kier alpha value is -2.64. The highest BCUT2D eigenvalue weighted by Crippen LogP contribution is 2.37. The van der Waals surface area contributed by atoms with E-state index in [1.54, 1.807) is 13.0 Å². The van der Waals surface area contributed by atoms with Gasteiger partial charge in [-0.25, -0.2) is 4.39 Å². The third-order valence-electron chi connectivity index (χ3n) is 7.61. The van der Waals surface area contributed by atoms with Crippen LogP contribution in [0.3, 0.4) is 0 Å². The molecule has 1 amide bonds. The van der Waals surface area contributed by atoms with Crippen LogP contribution in [0.25, 0.3) is 21.9 Å². The Morgan fingerprint density at radius 3 is 2.58 bits per heavy atom. The molecule has 2 aliphatic carbocycles. The van der Waals surface area contributed by atoms with Crippen LogP contribution in [0.1, 0.15) is 54.4 Å². The monoisotopic (exact) mass is 505 g/mol. The Balaban J connectivity index is 1.44. The van der Waals surface area contributed by atoms with Crippen molar-refractivity contribution >= 4 is 28.4 Å². The molecule has 3 aliphatic rings. The third kappa shape index (κ3) is 4.96. The van der Waals surface area contributed by atoms with Crippen molar-refractivity contribution in [3.8, 4) is 11.1 Å². The van der Waals surface area contributed by atoms with Crippen molar-refractivity contribution in [2.75, 3.05) is 13.1 Å². The summed E-state index contributed by atoms with van der Waals surface area (Å²) in [7, 11) is 0. The fraction of sp³-hybridized carbons (Fsp3) is 0.448. The second-order valence-corrected chi connectivity index (χ2v) is 11.9. The lowest BCUT2D eigenvalue weighted by Crippen LogP contribution is -2.29. The van der Waals surface area contributed by atoms with E-state index in [1.165, 1.54) is 18.9 Å². The smallest absolute Gasteiger partial charge is 0.258 e. The molecule has 3 fully saturated rings. The molecule has 6 rings (SSSR count). The minimum atomic E-state index is -0.391. The van der Waals surface area contributed by atoms with Crippen molar-refractivity contribution in [3.63, 3.8) is 0 Å². The molecule has 2 heterocycles. The molecule has 2 aromatic carbocycles. The fourth-order valence-corrected chi connectivity index (χ4v) is 6.35. The lowest BCUT2D eigenvalue weighted by molar-refractivity contribution is 0.0950. The minimum Gasteiger partial charge on any atom is -0.349 e. The number of fused-ring (bicyclic) bond motifs is 1. The standard InChI is InChI=1S/C29H32FN3O2S/c1-17-24(13-20(14-26(17)30)28(34)32-21-5-6-21)19-4-7-23-25(12-19)27(36-22-8-10-31-11-9-22)16-33(29(23)35)15-18-2-3-18/h4,7,12-14,16,18,21-22,31H,2-3,5-6,8-11,15H2,1H3,(H,32,34). The lowest BCUT2D eigenvalue weighted by atomic mass is 9.95. The first-order valence-corrected chi connectivity index (χ1v) is 14.0. The Morgan fingerprint density at radius 1 is 1.08 bits per heavy atom. The van der Waals surface area contributed by atoms with Gasteiger partial charge in [0.05, 0.1) is 0 Å². The second-order valence-electron chi connectivity index (χ2n) is 10.6. The van der Waals surface area contributed by atoms with E-state index in [9.17, 15) is 14.0 Å². The number of halogens is 1. The summed E-state index contributed by atoms with van der Waals surface area (Å²) in [4.78, 5) is 27.2. The average molecular weight is 506 g/mol. The van der Waals surface area contributed by atoms with Gasteiger partial charge < -0.3 is 15.2 Å². The maximum atomic E-state index is 14.9. The molecule has 3 aromatic rings. The van der Waals surface area contributed by atoms with Gasteiger partial charge in [0.2, 0.25) is 0 Å². The molecule has 7 heteroatoms. The van der Waals surface area contributed by atoms with E-state index >= 15 is 0 Å². The zero-order valence-electron chi connectivity index (χ0n) is 20.6. The molecule has 0 unspecified atom stereocenters. The van der Waals surface area contributed by atoms with Gasteiger partial charge in [-0.2, -0.15) is 0 Å². The van der Waals surface area contributed by atoms with Gasteiger partial charge in [0.1, 0.15) is 5.82 Å².